The molecule has 0 unspecified atom stereocenters. The van der Waals surface area contributed by atoms with Crippen molar-refractivity contribution < 1.29 is 15.0 Å². The predicted octanol–water partition coefficient (Wildman–Crippen LogP) is 1.23. The van der Waals surface area contributed by atoms with Gasteiger partial charge in [0.25, 0.3) is 0 Å². The highest BCUT2D eigenvalue weighted by molar-refractivity contribution is 6.30. The zero-order valence-electron chi connectivity index (χ0n) is 12.3. The number of rotatable bonds is 5. The van der Waals surface area contributed by atoms with Gasteiger partial charge in [0.05, 0.1) is 17.7 Å². The van der Waals surface area contributed by atoms with E-state index < -0.39 is 18.0 Å². The number of benzene rings is 1. The molecular weight excluding hydrogens is 320 g/mol. The molecule has 3 rings (SSSR count). The Hall–Kier alpha value is -1.96. The van der Waals surface area contributed by atoms with Crippen LogP contribution < -0.4 is 5.32 Å². The first-order valence-electron chi connectivity index (χ1n) is 7.32. The third-order valence-electron chi connectivity index (χ3n) is 4.15. The van der Waals surface area contributed by atoms with Crippen molar-refractivity contribution in [1.82, 2.24) is 20.1 Å². The lowest BCUT2D eigenvalue weighted by molar-refractivity contribution is -0.141. The third-order valence-corrected chi connectivity index (χ3v) is 4.38. The van der Waals surface area contributed by atoms with Crippen LogP contribution in [0, 0.1) is 5.92 Å². The smallest absolute Gasteiger partial charge is 0.306 e. The van der Waals surface area contributed by atoms with E-state index in [1.165, 1.54) is 6.33 Å². The topological polar surface area (TPSA) is 100 Å². The Balaban J connectivity index is 1.73. The SMILES string of the molecule is O=C(O)[C@@H]1C[C@@H](O)[C@H](NCc2ccc(Cl)cc2-n2cncn2)C1. The molecule has 1 fully saturated rings. The van der Waals surface area contributed by atoms with E-state index in [9.17, 15) is 9.90 Å². The van der Waals surface area contributed by atoms with Crippen LogP contribution in [-0.4, -0.2) is 43.1 Å². The number of nitrogens with one attached hydrogen (secondary N) is 1. The second-order valence-corrected chi connectivity index (χ2v) is 6.11. The number of hydrogen-bond acceptors (Lipinski definition) is 5. The molecule has 1 aromatic carbocycles. The Bertz CT molecular complexity index is 692. The number of aliphatic hydroxyl groups excluding tert-OH is 1. The molecule has 8 heteroatoms. The average molecular weight is 337 g/mol. The number of halogens is 1. The van der Waals surface area contributed by atoms with Crippen LogP contribution in [0.15, 0.2) is 30.9 Å². The molecule has 1 aliphatic rings. The van der Waals surface area contributed by atoms with E-state index in [1.807, 2.05) is 6.07 Å². The molecule has 2 aromatic rings. The van der Waals surface area contributed by atoms with Gasteiger partial charge >= 0.3 is 5.97 Å². The second-order valence-electron chi connectivity index (χ2n) is 5.67. The molecule has 122 valence electrons. The largest absolute Gasteiger partial charge is 0.481 e. The molecule has 1 heterocycles. The summed E-state index contributed by atoms with van der Waals surface area (Å²) in [6.45, 7) is 0.473. The Labute approximate surface area is 137 Å². The van der Waals surface area contributed by atoms with Crippen molar-refractivity contribution in [3.8, 4) is 5.69 Å². The van der Waals surface area contributed by atoms with Gasteiger partial charge in [0, 0.05) is 17.6 Å². The van der Waals surface area contributed by atoms with Crippen molar-refractivity contribution in [2.75, 3.05) is 0 Å². The molecule has 0 bridgehead atoms. The van der Waals surface area contributed by atoms with Crippen molar-refractivity contribution in [3.05, 3.63) is 41.4 Å². The summed E-state index contributed by atoms with van der Waals surface area (Å²) in [5, 5.41) is 27.0. The van der Waals surface area contributed by atoms with Gasteiger partial charge in [-0.25, -0.2) is 9.67 Å². The van der Waals surface area contributed by atoms with E-state index in [0.29, 0.717) is 18.0 Å². The lowest BCUT2D eigenvalue weighted by Gasteiger charge is -2.18. The second kappa shape index (κ2) is 6.66. The zero-order chi connectivity index (χ0) is 16.4. The highest BCUT2D eigenvalue weighted by atomic mass is 35.5. The summed E-state index contributed by atoms with van der Waals surface area (Å²) in [5.74, 6) is -1.36. The number of carbonyl (C=O) groups is 1. The molecule has 1 saturated carbocycles. The first kappa shape index (κ1) is 15.9. The molecule has 0 spiro atoms. The predicted molar refractivity (Wildman–Crippen MR) is 83.4 cm³/mol. The van der Waals surface area contributed by atoms with E-state index in [1.54, 1.807) is 23.1 Å². The highest BCUT2D eigenvalue weighted by Gasteiger charge is 2.36. The first-order chi connectivity index (χ1) is 11.0. The Morgan fingerprint density at radius 3 is 2.91 bits per heavy atom. The molecule has 3 N–H and O–H groups in total. The fourth-order valence-electron chi connectivity index (χ4n) is 2.91. The van der Waals surface area contributed by atoms with Gasteiger partial charge in [-0.2, -0.15) is 5.10 Å². The minimum atomic E-state index is -0.858. The fourth-order valence-corrected chi connectivity index (χ4v) is 3.08. The van der Waals surface area contributed by atoms with Gasteiger partial charge in [-0.1, -0.05) is 17.7 Å². The van der Waals surface area contributed by atoms with E-state index in [2.05, 4.69) is 15.4 Å². The summed E-state index contributed by atoms with van der Waals surface area (Å²) in [7, 11) is 0. The number of carboxylic acid groups (broad SMARTS) is 1. The van der Waals surface area contributed by atoms with E-state index in [0.717, 1.165) is 11.3 Å². The van der Waals surface area contributed by atoms with Gasteiger partial charge in [-0.05, 0) is 30.5 Å². The maximum absolute atomic E-state index is 11.0. The molecule has 3 atom stereocenters. The van der Waals surface area contributed by atoms with E-state index in [-0.39, 0.29) is 12.5 Å². The molecule has 0 amide bonds. The Morgan fingerprint density at radius 2 is 2.26 bits per heavy atom. The van der Waals surface area contributed by atoms with Crippen LogP contribution >= 0.6 is 11.6 Å². The lowest BCUT2D eigenvalue weighted by atomic mass is 10.1. The quantitative estimate of drug-likeness (QED) is 0.759. The molecule has 1 aromatic heterocycles. The Kier molecular flexibility index (Phi) is 4.61. The molecule has 0 aliphatic heterocycles. The maximum atomic E-state index is 11.0. The summed E-state index contributed by atoms with van der Waals surface area (Å²) in [5.41, 5.74) is 1.73. The minimum Gasteiger partial charge on any atom is -0.481 e. The highest BCUT2D eigenvalue weighted by Crippen LogP contribution is 2.27. The monoisotopic (exact) mass is 336 g/mol. The van der Waals surface area contributed by atoms with Crippen LogP contribution in [0.2, 0.25) is 5.02 Å². The summed E-state index contributed by atoms with van der Waals surface area (Å²) < 4.78 is 1.62. The molecular formula is C15H17ClN4O3. The van der Waals surface area contributed by atoms with Crippen LogP contribution in [0.4, 0.5) is 0 Å². The van der Waals surface area contributed by atoms with Gasteiger partial charge in [-0.15, -0.1) is 0 Å². The van der Waals surface area contributed by atoms with Crippen molar-refractivity contribution in [3.63, 3.8) is 0 Å². The third kappa shape index (κ3) is 3.52. The van der Waals surface area contributed by atoms with Crippen LogP contribution in [0.25, 0.3) is 5.69 Å². The summed E-state index contributed by atoms with van der Waals surface area (Å²) >= 11 is 6.05. The molecule has 23 heavy (non-hydrogen) atoms. The fraction of sp³-hybridized carbons (Fsp3) is 0.400. The standard InChI is InChI=1S/C15H17ClN4O3/c16-11-2-1-9(13(5-11)20-8-17-7-19-20)6-18-12-3-10(15(22)23)4-14(12)21/h1-2,5,7-8,10,12,14,18,21H,3-4,6H2,(H,22,23)/t10-,12+,14+/m0/s1. The summed E-state index contributed by atoms with van der Waals surface area (Å²) in [4.78, 5) is 15.0. The zero-order valence-corrected chi connectivity index (χ0v) is 13.0. The molecule has 7 nitrogen and oxygen atoms in total. The number of nitrogens with zero attached hydrogens (tertiary/aromatic N) is 3. The van der Waals surface area contributed by atoms with Crippen LogP contribution in [0.3, 0.4) is 0 Å². The number of hydrogen-bond donors (Lipinski definition) is 3. The number of aliphatic hydroxyl groups is 1. The van der Waals surface area contributed by atoms with Crippen molar-refractivity contribution in [2.24, 2.45) is 5.92 Å². The van der Waals surface area contributed by atoms with Crippen LogP contribution in [-0.2, 0) is 11.3 Å². The van der Waals surface area contributed by atoms with Gasteiger partial charge in [-0.3, -0.25) is 4.79 Å². The number of aromatic nitrogens is 3. The van der Waals surface area contributed by atoms with Crippen molar-refractivity contribution >= 4 is 17.6 Å². The first-order valence-corrected chi connectivity index (χ1v) is 7.70. The van der Waals surface area contributed by atoms with Crippen LogP contribution in [0.5, 0.6) is 0 Å². The molecule has 1 aliphatic carbocycles. The van der Waals surface area contributed by atoms with Gasteiger partial charge in [0.1, 0.15) is 12.7 Å². The average Bonchev–Trinajstić information content (AvgIpc) is 3.16. The van der Waals surface area contributed by atoms with Gasteiger partial charge < -0.3 is 15.5 Å². The van der Waals surface area contributed by atoms with Gasteiger partial charge in [0.2, 0.25) is 0 Å². The lowest BCUT2D eigenvalue weighted by Crippen LogP contribution is -2.35. The number of aliphatic carboxylic acids is 1. The molecule has 0 saturated heterocycles. The maximum Gasteiger partial charge on any atom is 0.306 e. The molecule has 0 radical (unpaired) electrons. The van der Waals surface area contributed by atoms with Crippen molar-refractivity contribution in [2.45, 2.75) is 31.5 Å². The summed E-state index contributed by atoms with van der Waals surface area (Å²) in [6, 6.07) is 5.21. The van der Waals surface area contributed by atoms with Crippen molar-refractivity contribution in [1.29, 1.82) is 0 Å². The summed E-state index contributed by atoms with van der Waals surface area (Å²) in [6.07, 6.45) is 3.07. The minimum absolute atomic E-state index is 0.240. The van der Waals surface area contributed by atoms with Gasteiger partial charge in [0.15, 0.2) is 0 Å². The van der Waals surface area contributed by atoms with E-state index >= 15 is 0 Å². The number of carboxylic acids is 1. The Morgan fingerprint density at radius 1 is 1.43 bits per heavy atom. The van der Waals surface area contributed by atoms with E-state index in [4.69, 9.17) is 16.7 Å². The normalized spacial score (nSPS) is 24.0. The van der Waals surface area contributed by atoms with Crippen LogP contribution in [0.1, 0.15) is 18.4 Å².